The smallest absolute Gasteiger partial charge is 0.246 e. The van der Waals surface area contributed by atoms with Crippen molar-refractivity contribution < 1.29 is 9.59 Å². The summed E-state index contributed by atoms with van der Waals surface area (Å²) >= 11 is 0. The fourth-order valence-electron chi connectivity index (χ4n) is 2.76. The standard InChI is InChI=1S/C21H22N4O2/c1-14(24-16-10-8-15(9-11-16)13-20(26)22-2)21(27)25-19-7-3-6-18-17(19)5-4-12-23-18/h3-12,14,24H,13H2,1-2H3,(H,22,26)(H,25,27). The predicted molar refractivity (Wildman–Crippen MR) is 108 cm³/mol. The number of rotatable bonds is 6. The Morgan fingerprint density at radius 3 is 2.56 bits per heavy atom. The molecule has 0 aliphatic carbocycles. The molecule has 3 aromatic rings. The fraction of sp³-hybridized carbons (Fsp3) is 0.190. The molecule has 3 N–H and O–H groups in total. The molecule has 2 amide bonds. The Kier molecular flexibility index (Phi) is 5.66. The summed E-state index contributed by atoms with van der Waals surface area (Å²) < 4.78 is 0. The first-order chi connectivity index (χ1) is 13.1. The van der Waals surface area contributed by atoms with Gasteiger partial charge in [-0.1, -0.05) is 18.2 Å². The lowest BCUT2D eigenvalue weighted by Crippen LogP contribution is -2.31. The molecule has 1 unspecified atom stereocenters. The number of carbonyl (C=O) groups is 2. The van der Waals surface area contributed by atoms with Gasteiger partial charge in [-0.15, -0.1) is 0 Å². The van der Waals surface area contributed by atoms with Gasteiger partial charge >= 0.3 is 0 Å². The van der Waals surface area contributed by atoms with E-state index in [0.29, 0.717) is 6.42 Å². The van der Waals surface area contributed by atoms with E-state index in [1.54, 1.807) is 20.2 Å². The Hall–Kier alpha value is -3.41. The zero-order valence-electron chi connectivity index (χ0n) is 15.3. The maximum absolute atomic E-state index is 12.6. The number of hydrogen-bond acceptors (Lipinski definition) is 4. The van der Waals surface area contributed by atoms with Crippen molar-refractivity contribution in [1.82, 2.24) is 10.3 Å². The Balaban J connectivity index is 1.64. The van der Waals surface area contributed by atoms with E-state index in [0.717, 1.165) is 27.8 Å². The molecule has 0 fully saturated rings. The van der Waals surface area contributed by atoms with Crippen LogP contribution >= 0.6 is 0 Å². The minimum Gasteiger partial charge on any atom is -0.374 e. The van der Waals surface area contributed by atoms with Crippen LogP contribution in [0.4, 0.5) is 11.4 Å². The van der Waals surface area contributed by atoms with Crippen molar-refractivity contribution in [3.05, 3.63) is 66.4 Å². The second-order valence-corrected chi connectivity index (χ2v) is 6.28. The van der Waals surface area contributed by atoms with Gasteiger partial charge < -0.3 is 16.0 Å². The van der Waals surface area contributed by atoms with Crippen molar-refractivity contribution in [2.75, 3.05) is 17.7 Å². The van der Waals surface area contributed by atoms with E-state index in [-0.39, 0.29) is 11.8 Å². The number of pyridine rings is 1. The van der Waals surface area contributed by atoms with Crippen LogP contribution in [-0.2, 0) is 16.0 Å². The molecule has 6 nitrogen and oxygen atoms in total. The molecule has 0 spiro atoms. The summed E-state index contributed by atoms with van der Waals surface area (Å²) in [5.74, 6) is -0.172. The zero-order valence-corrected chi connectivity index (χ0v) is 15.3. The van der Waals surface area contributed by atoms with E-state index in [1.165, 1.54) is 0 Å². The van der Waals surface area contributed by atoms with Crippen LogP contribution in [0.25, 0.3) is 10.9 Å². The van der Waals surface area contributed by atoms with Crippen molar-refractivity contribution in [2.24, 2.45) is 0 Å². The maximum atomic E-state index is 12.6. The van der Waals surface area contributed by atoms with Gasteiger partial charge in [-0.2, -0.15) is 0 Å². The zero-order chi connectivity index (χ0) is 19.2. The van der Waals surface area contributed by atoms with Crippen molar-refractivity contribution in [2.45, 2.75) is 19.4 Å². The van der Waals surface area contributed by atoms with Crippen LogP contribution < -0.4 is 16.0 Å². The average molecular weight is 362 g/mol. The molecule has 6 heteroatoms. The number of nitrogens with one attached hydrogen (secondary N) is 3. The van der Waals surface area contributed by atoms with Gasteiger partial charge in [-0.25, -0.2) is 0 Å². The number of hydrogen-bond donors (Lipinski definition) is 3. The van der Waals surface area contributed by atoms with Gasteiger partial charge in [0.05, 0.1) is 17.6 Å². The highest BCUT2D eigenvalue weighted by molar-refractivity contribution is 6.03. The van der Waals surface area contributed by atoms with E-state index in [4.69, 9.17) is 0 Å². The van der Waals surface area contributed by atoms with Crippen LogP contribution in [0.5, 0.6) is 0 Å². The molecule has 1 aromatic heterocycles. The summed E-state index contributed by atoms with van der Waals surface area (Å²) in [6.45, 7) is 1.80. The fourth-order valence-corrected chi connectivity index (χ4v) is 2.76. The minimum absolute atomic E-state index is 0.0342. The number of nitrogens with zero attached hydrogens (tertiary/aromatic N) is 1. The number of benzene rings is 2. The van der Waals surface area contributed by atoms with E-state index in [2.05, 4.69) is 20.9 Å². The molecule has 0 aliphatic heterocycles. The monoisotopic (exact) mass is 362 g/mol. The van der Waals surface area contributed by atoms with Crippen LogP contribution in [0, 0.1) is 0 Å². The van der Waals surface area contributed by atoms with Crippen LogP contribution in [0.1, 0.15) is 12.5 Å². The van der Waals surface area contributed by atoms with Crippen LogP contribution in [0.2, 0.25) is 0 Å². The van der Waals surface area contributed by atoms with Crippen LogP contribution in [0.3, 0.4) is 0 Å². The summed E-state index contributed by atoms with van der Waals surface area (Å²) in [6, 6.07) is 16.5. The first-order valence-corrected chi connectivity index (χ1v) is 8.77. The molecular formula is C21H22N4O2. The lowest BCUT2D eigenvalue weighted by atomic mass is 10.1. The van der Waals surface area contributed by atoms with Crippen molar-refractivity contribution in [1.29, 1.82) is 0 Å². The Labute approximate surface area is 158 Å². The van der Waals surface area contributed by atoms with E-state index >= 15 is 0 Å². The number of carbonyl (C=O) groups excluding carboxylic acids is 2. The Morgan fingerprint density at radius 2 is 1.81 bits per heavy atom. The summed E-state index contributed by atoms with van der Waals surface area (Å²) in [4.78, 5) is 28.3. The van der Waals surface area contributed by atoms with Gasteiger partial charge in [0.1, 0.15) is 6.04 Å². The van der Waals surface area contributed by atoms with Crippen molar-refractivity contribution in [3.63, 3.8) is 0 Å². The quantitative estimate of drug-likeness (QED) is 0.630. The van der Waals surface area contributed by atoms with Gasteiger partial charge in [0, 0.05) is 24.3 Å². The molecule has 0 saturated heterocycles. The molecule has 1 atom stereocenters. The normalized spacial score (nSPS) is 11.6. The van der Waals surface area contributed by atoms with Crippen molar-refractivity contribution in [3.8, 4) is 0 Å². The molecule has 0 aliphatic rings. The molecule has 3 rings (SSSR count). The second kappa shape index (κ2) is 8.31. The summed E-state index contributed by atoms with van der Waals surface area (Å²) in [7, 11) is 1.62. The Bertz CT molecular complexity index is 949. The third-order valence-electron chi connectivity index (χ3n) is 4.28. The maximum Gasteiger partial charge on any atom is 0.246 e. The minimum atomic E-state index is -0.429. The molecule has 1 heterocycles. The molecule has 27 heavy (non-hydrogen) atoms. The largest absolute Gasteiger partial charge is 0.374 e. The molecule has 2 aromatic carbocycles. The number of likely N-dealkylation sites (N-methyl/N-ethyl adjacent to an activating group) is 1. The third-order valence-corrected chi connectivity index (χ3v) is 4.28. The summed E-state index contributed by atoms with van der Waals surface area (Å²) in [5.41, 5.74) is 3.31. The highest BCUT2D eigenvalue weighted by atomic mass is 16.2. The number of aromatic nitrogens is 1. The van der Waals surface area contributed by atoms with E-state index in [1.807, 2.05) is 54.6 Å². The molecule has 0 radical (unpaired) electrons. The molecule has 0 saturated carbocycles. The highest BCUT2D eigenvalue weighted by Crippen LogP contribution is 2.21. The highest BCUT2D eigenvalue weighted by Gasteiger charge is 2.14. The first kappa shape index (κ1) is 18.4. The van der Waals surface area contributed by atoms with Crippen LogP contribution in [-0.4, -0.2) is 29.9 Å². The summed E-state index contributed by atoms with van der Waals surface area (Å²) in [5, 5.41) is 9.63. The van der Waals surface area contributed by atoms with Gasteiger partial charge in [0.25, 0.3) is 0 Å². The van der Waals surface area contributed by atoms with E-state index in [9.17, 15) is 9.59 Å². The molecular weight excluding hydrogens is 340 g/mol. The van der Waals surface area contributed by atoms with Gasteiger partial charge in [0.2, 0.25) is 11.8 Å². The third kappa shape index (κ3) is 4.61. The average Bonchev–Trinajstić information content (AvgIpc) is 2.69. The number of fused-ring (bicyclic) bond motifs is 1. The van der Waals surface area contributed by atoms with E-state index < -0.39 is 6.04 Å². The number of amides is 2. The second-order valence-electron chi connectivity index (χ2n) is 6.28. The van der Waals surface area contributed by atoms with Gasteiger partial charge in [0.15, 0.2) is 0 Å². The predicted octanol–water partition coefficient (Wildman–Crippen LogP) is 2.96. The lowest BCUT2D eigenvalue weighted by molar-refractivity contribution is -0.120. The van der Waals surface area contributed by atoms with Crippen molar-refractivity contribution >= 4 is 34.1 Å². The Morgan fingerprint density at radius 1 is 1.04 bits per heavy atom. The molecule has 0 bridgehead atoms. The van der Waals surface area contributed by atoms with Gasteiger partial charge in [-0.05, 0) is 48.9 Å². The lowest BCUT2D eigenvalue weighted by Gasteiger charge is -2.16. The first-order valence-electron chi connectivity index (χ1n) is 8.77. The SMILES string of the molecule is CNC(=O)Cc1ccc(NC(C)C(=O)Nc2cccc3ncccc23)cc1. The summed E-state index contributed by atoms with van der Waals surface area (Å²) in [6.07, 6.45) is 2.06. The van der Waals surface area contributed by atoms with Gasteiger partial charge in [-0.3, -0.25) is 14.6 Å². The topological polar surface area (TPSA) is 83.1 Å². The number of anilines is 2. The molecule has 138 valence electrons. The van der Waals surface area contributed by atoms with Crippen LogP contribution in [0.15, 0.2) is 60.8 Å².